The van der Waals surface area contributed by atoms with Crippen molar-refractivity contribution in [2.45, 2.75) is 26.1 Å². The summed E-state index contributed by atoms with van der Waals surface area (Å²) >= 11 is 0. The summed E-state index contributed by atoms with van der Waals surface area (Å²) in [6.07, 6.45) is 3.25. The molecule has 1 fully saturated rings. The van der Waals surface area contributed by atoms with Crippen molar-refractivity contribution >= 4 is 5.69 Å². The van der Waals surface area contributed by atoms with Crippen LogP contribution in [0, 0.1) is 5.82 Å². The highest BCUT2D eigenvalue weighted by atomic mass is 19.1. The van der Waals surface area contributed by atoms with E-state index in [0.717, 1.165) is 11.4 Å². The molecule has 33 heavy (non-hydrogen) atoms. The number of hydrogen-bond donors (Lipinski definition) is 0. The van der Waals surface area contributed by atoms with Gasteiger partial charge in [-0.3, -0.25) is 4.79 Å². The highest BCUT2D eigenvalue weighted by Crippen LogP contribution is 2.25. The molecule has 0 saturated carbocycles. The molecule has 0 N–H and O–H groups in total. The second kappa shape index (κ2) is 8.63. The first-order valence-electron chi connectivity index (χ1n) is 10.9. The molecule has 1 aliphatic heterocycles. The van der Waals surface area contributed by atoms with Crippen LogP contribution in [0.25, 0.3) is 22.8 Å². The normalized spacial score (nSPS) is 18.5. The van der Waals surface area contributed by atoms with Crippen molar-refractivity contribution in [1.82, 2.24) is 19.6 Å². The number of halogens is 1. The van der Waals surface area contributed by atoms with E-state index in [1.54, 1.807) is 23.0 Å². The number of morpholine rings is 1. The second-order valence-corrected chi connectivity index (χ2v) is 8.23. The molecule has 0 amide bonds. The average Bonchev–Trinajstić information content (AvgIpc) is 3.29. The van der Waals surface area contributed by atoms with Gasteiger partial charge in [0.25, 0.3) is 0 Å². The van der Waals surface area contributed by atoms with Gasteiger partial charge in [0.2, 0.25) is 5.43 Å². The molecule has 1 saturated heterocycles. The van der Waals surface area contributed by atoms with E-state index in [4.69, 9.17) is 4.74 Å². The van der Waals surface area contributed by atoms with E-state index >= 15 is 4.39 Å². The lowest BCUT2D eigenvalue weighted by molar-refractivity contribution is -0.00523. The molecule has 2 aromatic heterocycles. The fourth-order valence-corrected chi connectivity index (χ4v) is 4.24. The van der Waals surface area contributed by atoms with Crippen molar-refractivity contribution in [3.63, 3.8) is 0 Å². The third kappa shape index (κ3) is 4.17. The van der Waals surface area contributed by atoms with Crippen LogP contribution in [0.1, 0.15) is 13.8 Å². The molecule has 0 unspecified atom stereocenters. The SMILES string of the molecule is C[C@@H]1CN(c2ccc(-n3ccc(=O)c(-c4ccnn4-c4ccccc4)n3)c(F)c2)C[C@H](C)O1. The minimum atomic E-state index is -0.419. The van der Waals surface area contributed by atoms with E-state index in [1.807, 2.05) is 50.2 Å². The molecule has 0 aliphatic carbocycles. The van der Waals surface area contributed by atoms with E-state index in [-0.39, 0.29) is 29.0 Å². The van der Waals surface area contributed by atoms with Gasteiger partial charge in [0.05, 0.1) is 29.8 Å². The topological polar surface area (TPSA) is 65.2 Å². The Morgan fingerprint density at radius 1 is 0.970 bits per heavy atom. The molecule has 0 bridgehead atoms. The first kappa shape index (κ1) is 21.1. The summed E-state index contributed by atoms with van der Waals surface area (Å²) in [5.74, 6) is -0.419. The van der Waals surface area contributed by atoms with Gasteiger partial charge in [0.15, 0.2) is 11.5 Å². The Morgan fingerprint density at radius 2 is 1.73 bits per heavy atom. The van der Waals surface area contributed by atoms with Crippen molar-refractivity contribution < 1.29 is 9.13 Å². The van der Waals surface area contributed by atoms with Crippen molar-refractivity contribution in [1.29, 1.82) is 0 Å². The Morgan fingerprint density at radius 3 is 2.45 bits per heavy atom. The fourth-order valence-electron chi connectivity index (χ4n) is 4.24. The molecule has 3 heterocycles. The van der Waals surface area contributed by atoms with Crippen molar-refractivity contribution in [3.05, 3.63) is 89.1 Å². The molecule has 8 heteroatoms. The summed E-state index contributed by atoms with van der Waals surface area (Å²) in [5.41, 5.74) is 2.32. The third-order valence-corrected chi connectivity index (χ3v) is 5.66. The second-order valence-electron chi connectivity index (χ2n) is 8.23. The van der Waals surface area contributed by atoms with Gasteiger partial charge in [-0.15, -0.1) is 0 Å². The highest BCUT2D eigenvalue weighted by molar-refractivity contribution is 5.58. The molecule has 5 rings (SSSR count). The van der Waals surface area contributed by atoms with E-state index in [0.29, 0.717) is 18.8 Å². The van der Waals surface area contributed by atoms with Gasteiger partial charge in [-0.1, -0.05) is 18.2 Å². The van der Waals surface area contributed by atoms with Crippen LogP contribution in [-0.2, 0) is 4.74 Å². The van der Waals surface area contributed by atoms with Gasteiger partial charge in [-0.2, -0.15) is 10.2 Å². The lowest BCUT2D eigenvalue weighted by Crippen LogP contribution is -2.45. The van der Waals surface area contributed by atoms with Gasteiger partial charge < -0.3 is 9.64 Å². The molecule has 0 radical (unpaired) electrons. The van der Waals surface area contributed by atoms with E-state index in [2.05, 4.69) is 15.1 Å². The van der Waals surface area contributed by atoms with Gasteiger partial charge >= 0.3 is 0 Å². The quantitative estimate of drug-likeness (QED) is 0.478. The Balaban J connectivity index is 1.51. The summed E-state index contributed by atoms with van der Waals surface area (Å²) in [4.78, 5) is 14.8. The summed E-state index contributed by atoms with van der Waals surface area (Å²) in [6.45, 7) is 5.43. The van der Waals surface area contributed by atoms with Crippen LogP contribution in [0.4, 0.5) is 10.1 Å². The number of rotatable bonds is 4. The number of ether oxygens (including phenoxy) is 1. The van der Waals surface area contributed by atoms with E-state index in [1.165, 1.54) is 23.0 Å². The fraction of sp³-hybridized carbons (Fsp3) is 0.240. The van der Waals surface area contributed by atoms with Gasteiger partial charge in [0.1, 0.15) is 5.69 Å². The monoisotopic (exact) mass is 445 g/mol. The number of para-hydroxylation sites is 1. The number of anilines is 1. The molecular formula is C25H24FN5O2. The Hall–Kier alpha value is -3.78. The molecule has 0 spiro atoms. The zero-order valence-electron chi connectivity index (χ0n) is 18.4. The summed E-state index contributed by atoms with van der Waals surface area (Å²) in [5, 5.41) is 8.81. The lowest BCUT2D eigenvalue weighted by Gasteiger charge is -2.37. The average molecular weight is 445 g/mol. The summed E-state index contributed by atoms with van der Waals surface area (Å²) in [6, 6.07) is 17.7. The van der Waals surface area contributed by atoms with Crippen molar-refractivity contribution in [2.75, 3.05) is 18.0 Å². The third-order valence-electron chi connectivity index (χ3n) is 5.66. The maximum absolute atomic E-state index is 15.2. The minimum Gasteiger partial charge on any atom is -0.372 e. The molecule has 4 aromatic rings. The van der Waals surface area contributed by atoms with Crippen LogP contribution in [0.5, 0.6) is 0 Å². The number of benzene rings is 2. The Bertz CT molecular complexity index is 1320. The first-order valence-corrected chi connectivity index (χ1v) is 10.9. The largest absolute Gasteiger partial charge is 0.372 e. The molecule has 168 valence electrons. The number of aromatic nitrogens is 4. The van der Waals surface area contributed by atoms with Gasteiger partial charge in [0, 0.05) is 31.0 Å². The zero-order chi connectivity index (χ0) is 22.9. The standard InChI is InChI=1S/C25H24FN5O2/c1-17-15-29(16-18(2)33-17)20-8-9-22(21(26)14-20)30-13-11-24(32)25(28-30)23-10-12-27-31(23)19-6-4-3-5-7-19/h3-14,17-18H,15-16H2,1-2H3/t17-,18+. The predicted molar refractivity (Wildman–Crippen MR) is 125 cm³/mol. The first-order chi connectivity index (χ1) is 16.0. The summed E-state index contributed by atoms with van der Waals surface area (Å²) in [7, 11) is 0. The van der Waals surface area contributed by atoms with Gasteiger partial charge in [-0.25, -0.2) is 13.8 Å². The molecular weight excluding hydrogens is 421 g/mol. The Kier molecular flexibility index (Phi) is 5.51. The summed E-state index contributed by atoms with van der Waals surface area (Å²) < 4.78 is 24.0. The molecule has 2 aromatic carbocycles. The molecule has 1 aliphatic rings. The minimum absolute atomic E-state index is 0.0779. The van der Waals surface area contributed by atoms with Gasteiger partial charge in [-0.05, 0) is 50.2 Å². The highest BCUT2D eigenvalue weighted by Gasteiger charge is 2.23. The van der Waals surface area contributed by atoms with Crippen LogP contribution >= 0.6 is 0 Å². The zero-order valence-corrected chi connectivity index (χ0v) is 18.4. The van der Waals surface area contributed by atoms with Crippen molar-refractivity contribution in [3.8, 4) is 22.8 Å². The Labute approximate surface area is 190 Å². The van der Waals surface area contributed by atoms with Crippen molar-refractivity contribution in [2.24, 2.45) is 0 Å². The number of nitrogens with zero attached hydrogens (tertiary/aromatic N) is 5. The van der Waals surface area contributed by atoms with E-state index in [9.17, 15) is 4.79 Å². The predicted octanol–water partition coefficient (Wildman–Crippen LogP) is 3.84. The van der Waals surface area contributed by atoms with Crippen LogP contribution in [0.2, 0.25) is 0 Å². The maximum atomic E-state index is 15.2. The molecule has 7 nitrogen and oxygen atoms in total. The maximum Gasteiger partial charge on any atom is 0.209 e. The van der Waals surface area contributed by atoms with Crippen LogP contribution < -0.4 is 10.3 Å². The smallest absolute Gasteiger partial charge is 0.209 e. The number of hydrogen-bond acceptors (Lipinski definition) is 5. The van der Waals surface area contributed by atoms with Crippen LogP contribution in [0.3, 0.4) is 0 Å². The van der Waals surface area contributed by atoms with Crippen LogP contribution in [0.15, 0.2) is 77.9 Å². The van der Waals surface area contributed by atoms with E-state index < -0.39 is 5.82 Å². The molecule has 2 atom stereocenters. The lowest BCUT2D eigenvalue weighted by atomic mass is 10.2. The van der Waals surface area contributed by atoms with Crippen LogP contribution in [-0.4, -0.2) is 44.9 Å².